The number of rotatable bonds is 11. The van der Waals surface area contributed by atoms with Crippen molar-refractivity contribution in [1.29, 1.82) is 0 Å². The summed E-state index contributed by atoms with van der Waals surface area (Å²) in [6, 6.07) is -0.414. The van der Waals surface area contributed by atoms with Crippen molar-refractivity contribution in [3.63, 3.8) is 0 Å². The van der Waals surface area contributed by atoms with E-state index in [4.69, 9.17) is 48.6 Å². The maximum Gasteiger partial charge on any atom is 0.338 e. The molecule has 4 rings (SSSR count). The third kappa shape index (κ3) is 22.6. The van der Waals surface area contributed by atoms with Gasteiger partial charge >= 0.3 is 12.1 Å². The Morgan fingerprint density at radius 2 is 1.30 bits per heavy atom. The van der Waals surface area contributed by atoms with Crippen LogP contribution in [0.2, 0.25) is 0 Å². The number of hydrogen-bond acceptors (Lipinski definition) is 11. The number of carbonyl (C=O) groups excluding carboxylic acids is 2. The first-order chi connectivity index (χ1) is 21.0. The number of aliphatic hydroxyl groups is 2. The van der Waals surface area contributed by atoms with Crippen LogP contribution < -0.4 is 11.1 Å². The smallest absolute Gasteiger partial charge is 0.338 e. The first-order valence-corrected chi connectivity index (χ1v) is 14.0. The predicted octanol–water partition coefficient (Wildman–Crippen LogP) is 1.61. The molecule has 16 nitrogen and oxygen atoms in total. The molecule has 0 fully saturated rings. The SMILES string of the molecule is ClCCl.NCCOCCCO.O=C(NCCOCCCO)n1ccnc1.O=C(n1ccnc1)n1ccnc1.c1c[nH]cn1. The Bertz CT molecular complexity index is 1030. The second kappa shape index (κ2) is 29.8. The van der Waals surface area contributed by atoms with Crippen LogP contribution in [-0.4, -0.2) is 119 Å². The Balaban J connectivity index is 0.000000561. The lowest BCUT2D eigenvalue weighted by molar-refractivity contribution is 0.118. The molecular formula is C25H40Cl2N10O6. The number of aromatic nitrogens is 8. The molecular weight excluding hydrogens is 607 g/mol. The summed E-state index contributed by atoms with van der Waals surface area (Å²) < 4.78 is 14.2. The lowest BCUT2D eigenvalue weighted by Gasteiger charge is -2.05. The molecule has 6 N–H and O–H groups in total. The molecule has 4 aromatic heterocycles. The van der Waals surface area contributed by atoms with Gasteiger partial charge in [-0.1, -0.05) is 0 Å². The molecule has 0 unspecified atom stereocenters. The maximum atomic E-state index is 11.4. The van der Waals surface area contributed by atoms with Crippen LogP contribution in [0.15, 0.2) is 74.9 Å². The minimum absolute atomic E-state index is 0.126. The summed E-state index contributed by atoms with van der Waals surface area (Å²) in [5.41, 5.74) is 5.12. The molecule has 0 saturated carbocycles. The topological polar surface area (TPSA) is 213 Å². The van der Waals surface area contributed by atoms with E-state index in [0.717, 1.165) is 0 Å². The highest BCUT2D eigenvalue weighted by Crippen LogP contribution is 1.92. The number of imidazole rings is 4. The maximum absolute atomic E-state index is 11.4. The van der Waals surface area contributed by atoms with Gasteiger partial charge in [0.1, 0.15) is 19.0 Å². The van der Waals surface area contributed by atoms with Crippen molar-refractivity contribution in [1.82, 2.24) is 43.9 Å². The molecule has 0 aromatic carbocycles. The van der Waals surface area contributed by atoms with E-state index < -0.39 is 0 Å². The number of nitrogens with two attached hydrogens (primary N) is 1. The Labute approximate surface area is 259 Å². The zero-order valence-corrected chi connectivity index (χ0v) is 25.2. The second-order valence-corrected chi connectivity index (χ2v) is 8.26. The number of aliphatic hydroxyl groups excluding tert-OH is 2. The third-order valence-corrected chi connectivity index (χ3v) is 4.27. The lowest BCUT2D eigenvalue weighted by Crippen LogP contribution is -2.30. The van der Waals surface area contributed by atoms with Gasteiger partial charge in [0.05, 0.1) is 24.9 Å². The Kier molecular flexibility index (Phi) is 27.3. The second-order valence-electron chi connectivity index (χ2n) is 7.45. The predicted molar refractivity (Wildman–Crippen MR) is 161 cm³/mol. The molecule has 4 aromatic rings. The molecule has 0 aliphatic carbocycles. The van der Waals surface area contributed by atoms with Gasteiger partial charge in [0.2, 0.25) is 0 Å². The lowest BCUT2D eigenvalue weighted by atomic mass is 10.5. The Morgan fingerprint density at radius 1 is 0.791 bits per heavy atom. The zero-order valence-electron chi connectivity index (χ0n) is 23.7. The monoisotopic (exact) mass is 646 g/mol. The van der Waals surface area contributed by atoms with E-state index in [-0.39, 0.29) is 30.6 Å². The van der Waals surface area contributed by atoms with E-state index >= 15 is 0 Å². The van der Waals surface area contributed by atoms with Crippen LogP contribution in [0.3, 0.4) is 0 Å². The highest BCUT2D eigenvalue weighted by molar-refractivity contribution is 6.40. The van der Waals surface area contributed by atoms with E-state index in [1.54, 1.807) is 49.7 Å². The summed E-state index contributed by atoms with van der Waals surface area (Å²) >= 11 is 9.53. The van der Waals surface area contributed by atoms with E-state index in [9.17, 15) is 9.59 Å². The van der Waals surface area contributed by atoms with Crippen LogP contribution in [0.5, 0.6) is 0 Å². The highest BCUT2D eigenvalue weighted by Gasteiger charge is 2.04. The molecule has 43 heavy (non-hydrogen) atoms. The molecule has 4 heterocycles. The van der Waals surface area contributed by atoms with Gasteiger partial charge in [-0.05, 0) is 12.8 Å². The summed E-state index contributed by atoms with van der Waals surface area (Å²) in [7, 11) is 0. The number of halogens is 2. The van der Waals surface area contributed by atoms with Crippen LogP contribution in [0.1, 0.15) is 12.8 Å². The molecule has 0 aliphatic heterocycles. The fraction of sp³-hybridized carbons (Fsp3) is 0.440. The highest BCUT2D eigenvalue weighted by atomic mass is 35.5. The van der Waals surface area contributed by atoms with Gasteiger partial charge in [-0.15, -0.1) is 23.2 Å². The van der Waals surface area contributed by atoms with Gasteiger partial charge in [-0.2, -0.15) is 0 Å². The first kappa shape index (κ1) is 39.4. The normalized spacial score (nSPS) is 9.51. The van der Waals surface area contributed by atoms with Crippen LogP contribution >= 0.6 is 23.2 Å². The quantitative estimate of drug-likeness (QED) is 0.117. The van der Waals surface area contributed by atoms with E-state index in [0.29, 0.717) is 52.4 Å². The van der Waals surface area contributed by atoms with Crippen LogP contribution in [0, 0.1) is 0 Å². The van der Waals surface area contributed by atoms with Crippen molar-refractivity contribution < 1.29 is 29.3 Å². The van der Waals surface area contributed by atoms with Crippen LogP contribution in [0.4, 0.5) is 9.59 Å². The average Bonchev–Trinajstić information content (AvgIpc) is 3.87. The van der Waals surface area contributed by atoms with Gasteiger partial charge < -0.3 is 35.7 Å². The van der Waals surface area contributed by atoms with Crippen molar-refractivity contribution in [3.05, 3.63) is 74.9 Å². The molecule has 240 valence electrons. The number of alkyl halides is 2. The number of nitrogens with one attached hydrogen (secondary N) is 2. The summed E-state index contributed by atoms with van der Waals surface area (Å²) in [6.07, 6.45) is 20.1. The van der Waals surface area contributed by atoms with Gasteiger partial charge in [0, 0.05) is 89.1 Å². The number of nitrogens with zero attached hydrogens (tertiary/aromatic N) is 7. The molecule has 0 bridgehead atoms. The number of carbonyl (C=O) groups is 2. The summed E-state index contributed by atoms with van der Waals surface area (Å²) in [6.45, 7) is 3.51. The van der Waals surface area contributed by atoms with E-state index in [1.165, 1.54) is 38.9 Å². The van der Waals surface area contributed by atoms with Crippen molar-refractivity contribution >= 4 is 35.3 Å². The Morgan fingerprint density at radius 3 is 1.67 bits per heavy atom. The molecule has 1 amide bonds. The number of amides is 1. The average molecular weight is 648 g/mol. The molecule has 0 aliphatic rings. The number of aromatic amines is 1. The molecule has 0 radical (unpaired) electrons. The van der Waals surface area contributed by atoms with E-state index in [2.05, 4.69) is 30.2 Å². The van der Waals surface area contributed by atoms with Crippen LogP contribution in [0.25, 0.3) is 0 Å². The number of ether oxygens (including phenoxy) is 2. The van der Waals surface area contributed by atoms with Gasteiger partial charge in [-0.25, -0.2) is 29.5 Å². The largest absolute Gasteiger partial charge is 0.396 e. The van der Waals surface area contributed by atoms with Crippen molar-refractivity contribution in [3.8, 4) is 0 Å². The number of hydrogen-bond donors (Lipinski definition) is 5. The van der Waals surface area contributed by atoms with Gasteiger partial charge in [-0.3, -0.25) is 13.7 Å². The summed E-state index contributed by atoms with van der Waals surface area (Å²) in [5.74, 6) is 0. The Hall–Kier alpha value is -3.64. The molecule has 0 atom stereocenters. The fourth-order valence-corrected chi connectivity index (χ4v) is 2.41. The minimum Gasteiger partial charge on any atom is -0.396 e. The molecule has 18 heteroatoms. The molecule has 0 saturated heterocycles. The fourth-order valence-electron chi connectivity index (χ4n) is 2.41. The summed E-state index contributed by atoms with van der Waals surface area (Å²) in [5, 5.41) is 19.6. The van der Waals surface area contributed by atoms with Crippen molar-refractivity contribution in [2.24, 2.45) is 5.73 Å². The molecule has 0 spiro atoms. The van der Waals surface area contributed by atoms with Crippen molar-refractivity contribution in [2.45, 2.75) is 12.8 Å². The van der Waals surface area contributed by atoms with Crippen molar-refractivity contribution in [2.75, 3.05) is 58.1 Å². The zero-order chi connectivity index (χ0) is 31.8. The first-order valence-electron chi connectivity index (χ1n) is 12.9. The van der Waals surface area contributed by atoms with Gasteiger partial charge in [0.15, 0.2) is 0 Å². The minimum atomic E-state index is -0.224. The number of H-pyrrole nitrogens is 1. The third-order valence-electron chi connectivity index (χ3n) is 4.27. The summed E-state index contributed by atoms with van der Waals surface area (Å²) in [4.78, 5) is 40.4. The van der Waals surface area contributed by atoms with Gasteiger partial charge in [0.25, 0.3) is 0 Å². The van der Waals surface area contributed by atoms with Crippen LogP contribution in [-0.2, 0) is 9.47 Å². The standard InChI is InChI=1S/C9H15N3O3.C7H6N4O.C5H13NO2.C3H4N2.CH2Cl2/c13-5-1-6-15-7-3-11-9(14)12-4-2-10-8-12;12-7(10-3-1-8-5-10)11-4-2-9-6-11;6-2-5-8-4-1-3-7;1-2-5-3-4-1;2-1-3/h2,4,8,13H,1,3,5-7H2,(H,11,14);1-6H;7H,1-6H2;1-3H,(H,4,5);1H2. The van der Waals surface area contributed by atoms with E-state index in [1.807, 2.05) is 0 Å².